The Morgan fingerprint density at radius 3 is 2.37 bits per heavy atom. The van der Waals surface area contributed by atoms with Gasteiger partial charge in [-0.15, -0.1) is 0 Å². The van der Waals surface area contributed by atoms with Gasteiger partial charge in [-0.3, -0.25) is 4.79 Å². The van der Waals surface area contributed by atoms with Crippen LogP contribution in [0.15, 0.2) is 42.5 Å². The van der Waals surface area contributed by atoms with E-state index in [1.54, 1.807) is 6.92 Å². The molecule has 0 N–H and O–H groups in total. The molecule has 0 aliphatic heterocycles. The average Bonchev–Trinajstić information content (AvgIpc) is 2.77. The fourth-order valence-electron chi connectivity index (χ4n) is 3.67. The highest BCUT2D eigenvalue weighted by atomic mass is 16.6. The molecule has 2 aromatic carbocycles. The van der Waals surface area contributed by atoms with Gasteiger partial charge in [-0.1, -0.05) is 62.2 Å². The maximum Gasteiger partial charge on any atom is 0.343 e. The van der Waals surface area contributed by atoms with E-state index in [9.17, 15) is 9.59 Å². The van der Waals surface area contributed by atoms with E-state index in [-0.39, 0.29) is 12.1 Å². The van der Waals surface area contributed by atoms with Gasteiger partial charge in [0, 0.05) is 19.1 Å². The molecule has 2 aromatic rings. The van der Waals surface area contributed by atoms with Crippen LogP contribution in [-0.2, 0) is 29.4 Å². The van der Waals surface area contributed by atoms with Crippen molar-refractivity contribution < 1.29 is 23.8 Å². The highest BCUT2D eigenvalue weighted by Crippen LogP contribution is 2.33. The van der Waals surface area contributed by atoms with Crippen molar-refractivity contribution in [3.8, 4) is 0 Å². The lowest BCUT2D eigenvalue weighted by Crippen LogP contribution is -2.38. The predicted octanol–water partition coefficient (Wildman–Crippen LogP) is 5.54. The summed E-state index contributed by atoms with van der Waals surface area (Å²) in [4.78, 5) is 24.7. The molecule has 0 spiro atoms. The molecule has 0 aromatic heterocycles. The number of esters is 2. The van der Waals surface area contributed by atoms with Gasteiger partial charge in [0.2, 0.25) is 0 Å². The molecule has 164 valence electrons. The Balaban J connectivity index is 2.19. The van der Waals surface area contributed by atoms with Crippen molar-refractivity contribution in [3.63, 3.8) is 0 Å². The molecular weight excluding hydrogens is 380 g/mol. The minimum Gasteiger partial charge on any atom is -0.469 e. The standard InChI is InChI=1S/C25H34O5/c1-5-6-7-14-20(15-11-18-23(26)28-3)30-24(27)25(2,29-4)22-17-10-13-19-12-8-9-16-21(19)22/h8-10,12-13,16-17,20H,5-7,11,14-15,18H2,1-4H3/t20-,25+/m0/s1. The van der Waals surface area contributed by atoms with E-state index in [0.29, 0.717) is 19.3 Å². The summed E-state index contributed by atoms with van der Waals surface area (Å²) in [6.45, 7) is 3.90. The van der Waals surface area contributed by atoms with Crippen LogP contribution in [-0.4, -0.2) is 32.3 Å². The van der Waals surface area contributed by atoms with E-state index in [1.807, 2.05) is 42.5 Å². The number of hydrogen-bond acceptors (Lipinski definition) is 5. The number of benzene rings is 2. The van der Waals surface area contributed by atoms with Crippen molar-refractivity contribution in [2.75, 3.05) is 14.2 Å². The zero-order valence-electron chi connectivity index (χ0n) is 18.6. The molecule has 0 amide bonds. The van der Waals surface area contributed by atoms with E-state index in [1.165, 1.54) is 14.2 Å². The van der Waals surface area contributed by atoms with Crippen LogP contribution < -0.4 is 0 Å². The third kappa shape index (κ3) is 6.05. The fourth-order valence-corrected chi connectivity index (χ4v) is 3.67. The number of unbranched alkanes of at least 4 members (excludes halogenated alkanes) is 2. The Morgan fingerprint density at radius 2 is 1.67 bits per heavy atom. The summed E-state index contributed by atoms with van der Waals surface area (Å²) in [6, 6.07) is 13.8. The number of carbonyl (C=O) groups excluding carboxylic acids is 2. The third-order valence-electron chi connectivity index (χ3n) is 5.64. The van der Waals surface area contributed by atoms with Gasteiger partial charge >= 0.3 is 11.9 Å². The molecule has 30 heavy (non-hydrogen) atoms. The predicted molar refractivity (Wildman–Crippen MR) is 118 cm³/mol. The molecular formula is C25H34O5. The fraction of sp³-hybridized carbons (Fsp3) is 0.520. The van der Waals surface area contributed by atoms with Gasteiger partial charge in [0.15, 0.2) is 5.60 Å². The van der Waals surface area contributed by atoms with E-state index >= 15 is 0 Å². The summed E-state index contributed by atoms with van der Waals surface area (Å²) in [6.07, 6.45) is 5.24. The molecule has 0 heterocycles. The lowest BCUT2D eigenvalue weighted by atomic mass is 9.90. The molecule has 0 bridgehead atoms. The van der Waals surface area contributed by atoms with Crippen LogP contribution in [0.25, 0.3) is 10.8 Å². The van der Waals surface area contributed by atoms with E-state index < -0.39 is 11.6 Å². The lowest BCUT2D eigenvalue weighted by molar-refractivity contribution is -0.174. The summed E-state index contributed by atoms with van der Waals surface area (Å²) >= 11 is 0. The van der Waals surface area contributed by atoms with Crippen molar-refractivity contribution in [1.82, 2.24) is 0 Å². The van der Waals surface area contributed by atoms with Crippen molar-refractivity contribution in [2.45, 2.75) is 70.5 Å². The number of ether oxygens (including phenoxy) is 3. The van der Waals surface area contributed by atoms with Crippen molar-refractivity contribution >= 4 is 22.7 Å². The Hall–Kier alpha value is -2.40. The van der Waals surface area contributed by atoms with Crippen LogP contribution >= 0.6 is 0 Å². The highest BCUT2D eigenvalue weighted by molar-refractivity contribution is 5.92. The Bertz CT molecular complexity index is 826. The monoisotopic (exact) mass is 414 g/mol. The van der Waals surface area contributed by atoms with Crippen LogP contribution in [0.4, 0.5) is 0 Å². The molecule has 2 rings (SSSR count). The summed E-state index contributed by atoms with van der Waals surface area (Å²) < 4.78 is 16.4. The molecule has 0 unspecified atom stereocenters. The molecule has 0 aliphatic rings. The van der Waals surface area contributed by atoms with Crippen molar-refractivity contribution in [2.24, 2.45) is 0 Å². The normalized spacial score (nSPS) is 14.1. The minimum atomic E-state index is -1.22. The zero-order chi connectivity index (χ0) is 22.0. The first-order valence-electron chi connectivity index (χ1n) is 10.8. The van der Waals surface area contributed by atoms with Gasteiger partial charge < -0.3 is 14.2 Å². The first-order valence-corrected chi connectivity index (χ1v) is 10.8. The van der Waals surface area contributed by atoms with Gasteiger partial charge in [0.05, 0.1) is 7.11 Å². The number of methoxy groups -OCH3 is 2. The maximum absolute atomic E-state index is 13.3. The van der Waals surface area contributed by atoms with E-state index in [2.05, 4.69) is 6.92 Å². The Labute approximate surface area is 179 Å². The summed E-state index contributed by atoms with van der Waals surface area (Å²) in [5, 5.41) is 2.01. The third-order valence-corrected chi connectivity index (χ3v) is 5.64. The van der Waals surface area contributed by atoms with E-state index in [0.717, 1.165) is 42.0 Å². The van der Waals surface area contributed by atoms with E-state index in [4.69, 9.17) is 14.2 Å². The van der Waals surface area contributed by atoms with Crippen LogP contribution in [0, 0.1) is 0 Å². The van der Waals surface area contributed by atoms with Crippen molar-refractivity contribution in [3.05, 3.63) is 48.0 Å². The molecule has 0 fully saturated rings. The molecule has 5 nitrogen and oxygen atoms in total. The van der Waals surface area contributed by atoms with Gasteiger partial charge in [-0.2, -0.15) is 0 Å². The molecule has 0 saturated carbocycles. The highest BCUT2D eigenvalue weighted by Gasteiger charge is 2.39. The zero-order valence-corrected chi connectivity index (χ0v) is 18.6. The summed E-state index contributed by atoms with van der Waals surface area (Å²) in [5.74, 6) is -0.646. The number of hydrogen-bond donors (Lipinski definition) is 0. The quantitative estimate of drug-likeness (QED) is 0.337. The van der Waals surface area contributed by atoms with Crippen LogP contribution in [0.5, 0.6) is 0 Å². The van der Waals surface area contributed by atoms with Crippen LogP contribution in [0.3, 0.4) is 0 Å². The second-order valence-corrected chi connectivity index (χ2v) is 7.76. The first kappa shape index (κ1) is 23.9. The van der Waals surface area contributed by atoms with Crippen LogP contribution in [0.2, 0.25) is 0 Å². The largest absolute Gasteiger partial charge is 0.469 e. The molecule has 5 heteroatoms. The number of rotatable bonds is 12. The van der Waals surface area contributed by atoms with Gasteiger partial charge in [0.1, 0.15) is 6.10 Å². The van der Waals surface area contributed by atoms with Crippen molar-refractivity contribution in [1.29, 1.82) is 0 Å². The first-order chi connectivity index (χ1) is 14.5. The molecule has 2 atom stereocenters. The molecule has 0 radical (unpaired) electrons. The second kappa shape index (κ2) is 11.7. The maximum atomic E-state index is 13.3. The number of carbonyl (C=O) groups is 2. The summed E-state index contributed by atoms with van der Waals surface area (Å²) in [5.41, 5.74) is -0.429. The summed E-state index contributed by atoms with van der Waals surface area (Å²) in [7, 11) is 2.92. The second-order valence-electron chi connectivity index (χ2n) is 7.76. The Kier molecular flexibility index (Phi) is 9.31. The molecule has 0 saturated heterocycles. The minimum absolute atomic E-state index is 0.244. The SMILES string of the molecule is CCCCC[C@@H](CCCC(=O)OC)OC(=O)[C@](C)(OC)c1cccc2ccccc12. The average molecular weight is 415 g/mol. The van der Waals surface area contributed by atoms with Crippen LogP contribution in [0.1, 0.15) is 64.4 Å². The van der Waals surface area contributed by atoms with Gasteiger partial charge in [0.25, 0.3) is 0 Å². The lowest BCUT2D eigenvalue weighted by Gasteiger charge is -2.30. The number of fused-ring (bicyclic) bond motifs is 1. The van der Waals surface area contributed by atoms with Gasteiger partial charge in [-0.25, -0.2) is 4.79 Å². The topological polar surface area (TPSA) is 61.8 Å². The Morgan fingerprint density at radius 1 is 0.967 bits per heavy atom. The molecule has 0 aliphatic carbocycles. The van der Waals surface area contributed by atoms with Gasteiger partial charge in [-0.05, 0) is 43.4 Å². The smallest absolute Gasteiger partial charge is 0.343 e.